The maximum absolute atomic E-state index is 14.8. The van der Waals surface area contributed by atoms with Crippen molar-refractivity contribution < 1.29 is 13.2 Å². The van der Waals surface area contributed by atoms with E-state index in [1.54, 1.807) is 40.3 Å². The predicted molar refractivity (Wildman–Crippen MR) is 132 cm³/mol. The Morgan fingerprint density at radius 2 is 1.59 bits per heavy atom. The van der Waals surface area contributed by atoms with Crippen molar-refractivity contribution in [2.75, 3.05) is 16.3 Å². The molecule has 0 amide bonds. The van der Waals surface area contributed by atoms with Crippen LogP contribution in [0, 0.1) is 17.5 Å². The number of rotatable bonds is 10. The summed E-state index contributed by atoms with van der Waals surface area (Å²) in [6.07, 6.45) is 4.76. The molecular weight excluding hydrogens is 471 g/mol. The van der Waals surface area contributed by atoms with Gasteiger partial charge < -0.3 is 4.31 Å². The highest BCUT2D eigenvalue weighted by molar-refractivity contribution is 8.00. The fraction of sp³-hybridized carbons (Fsp3) is 0.280. The Bertz CT molecular complexity index is 1030. The van der Waals surface area contributed by atoms with Crippen LogP contribution in [-0.4, -0.2) is 12.0 Å². The lowest BCUT2D eigenvalue weighted by Crippen LogP contribution is -2.22. The van der Waals surface area contributed by atoms with Gasteiger partial charge in [-0.05, 0) is 110 Å². The van der Waals surface area contributed by atoms with Gasteiger partial charge >= 0.3 is 0 Å². The van der Waals surface area contributed by atoms with Gasteiger partial charge in [0.05, 0.1) is 11.7 Å². The average molecular weight is 496 g/mol. The van der Waals surface area contributed by atoms with Gasteiger partial charge in [-0.3, -0.25) is 0 Å². The fourth-order valence-corrected chi connectivity index (χ4v) is 5.10. The first-order chi connectivity index (χ1) is 15.4. The normalized spacial score (nSPS) is 12.1. The molecule has 32 heavy (non-hydrogen) atoms. The van der Waals surface area contributed by atoms with Gasteiger partial charge in [-0.1, -0.05) is 17.7 Å². The summed E-state index contributed by atoms with van der Waals surface area (Å²) in [5, 5.41) is 0.594. The van der Waals surface area contributed by atoms with Crippen molar-refractivity contribution in [3.8, 4) is 0 Å². The van der Waals surface area contributed by atoms with Crippen LogP contribution in [0.4, 0.5) is 18.9 Å². The summed E-state index contributed by atoms with van der Waals surface area (Å²) in [5.74, 6) is -0.294. The van der Waals surface area contributed by atoms with Crippen molar-refractivity contribution in [1.82, 2.24) is 0 Å². The maximum Gasteiger partial charge on any atom is 0.147 e. The van der Waals surface area contributed by atoms with Crippen molar-refractivity contribution in [3.05, 3.63) is 94.3 Å². The van der Waals surface area contributed by atoms with Crippen molar-refractivity contribution >= 4 is 41.0 Å². The second kappa shape index (κ2) is 11.9. The van der Waals surface area contributed by atoms with Crippen molar-refractivity contribution in [1.29, 1.82) is 0 Å². The molecule has 0 radical (unpaired) electrons. The van der Waals surface area contributed by atoms with Gasteiger partial charge in [0.25, 0.3) is 0 Å². The average Bonchev–Trinajstić information content (AvgIpc) is 2.78. The zero-order valence-electron chi connectivity index (χ0n) is 18.0. The van der Waals surface area contributed by atoms with Crippen LogP contribution in [-0.2, 0) is 6.42 Å². The molecule has 0 bridgehead atoms. The Kier molecular flexibility index (Phi) is 9.26. The summed E-state index contributed by atoms with van der Waals surface area (Å²) >= 11 is 9.08. The minimum Gasteiger partial charge on any atom is -0.302 e. The Hall–Kier alpha value is -1.76. The van der Waals surface area contributed by atoms with Crippen molar-refractivity contribution in [2.45, 2.75) is 37.1 Å². The molecule has 3 aromatic rings. The van der Waals surface area contributed by atoms with Crippen LogP contribution >= 0.6 is 35.3 Å². The molecular formula is C25H25ClF3NS2. The monoisotopic (exact) mass is 495 g/mol. The van der Waals surface area contributed by atoms with Crippen molar-refractivity contribution in [3.63, 3.8) is 0 Å². The Morgan fingerprint density at radius 3 is 2.31 bits per heavy atom. The van der Waals surface area contributed by atoms with Gasteiger partial charge in [-0.15, -0.1) is 0 Å². The van der Waals surface area contributed by atoms with E-state index >= 15 is 0 Å². The summed E-state index contributed by atoms with van der Waals surface area (Å²) in [4.78, 5) is 0.827. The van der Waals surface area contributed by atoms with Gasteiger partial charge in [-0.2, -0.15) is 11.8 Å². The van der Waals surface area contributed by atoms with E-state index in [-0.39, 0.29) is 17.5 Å². The maximum atomic E-state index is 14.8. The van der Waals surface area contributed by atoms with Crippen LogP contribution in [0.1, 0.15) is 36.9 Å². The van der Waals surface area contributed by atoms with Crippen LogP contribution in [0.2, 0.25) is 5.02 Å². The zero-order valence-corrected chi connectivity index (χ0v) is 20.3. The molecule has 0 aromatic heterocycles. The lowest BCUT2D eigenvalue weighted by Gasteiger charge is -2.32. The number of halogens is 4. The summed E-state index contributed by atoms with van der Waals surface area (Å²) in [6.45, 7) is 1.92. The molecule has 0 N–H and O–H groups in total. The van der Waals surface area contributed by atoms with E-state index in [9.17, 15) is 13.2 Å². The zero-order chi connectivity index (χ0) is 23.1. The number of anilines is 1. The molecule has 170 valence electrons. The van der Waals surface area contributed by atoms with Crippen LogP contribution in [0.5, 0.6) is 0 Å². The SMILES string of the molecule is CSCCCCc1cc(F)ccc1C(C)N(Sc1ccc(Cl)cc1)c1cc(F)ccc1F. The lowest BCUT2D eigenvalue weighted by atomic mass is 9.97. The number of hydrogen-bond donors (Lipinski definition) is 0. The fourth-order valence-electron chi connectivity index (χ4n) is 3.49. The molecule has 3 aromatic carbocycles. The third-order valence-electron chi connectivity index (χ3n) is 5.11. The minimum atomic E-state index is -0.525. The largest absolute Gasteiger partial charge is 0.302 e. The van der Waals surface area contributed by atoms with E-state index in [4.69, 9.17) is 11.6 Å². The number of aryl methyl sites for hydroxylation is 1. The summed E-state index contributed by atoms with van der Waals surface area (Å²) in [5.41, 5.74) is 1.91. The third-order valence-corrected chi connectivity index (χ3v) is 7.26. The topological polar surface area (TPSA) is 3.24 Å². The quantitative estimate of drug-likeness (QED) is 0.204. The van der Waals surface area contributed by atoms with Crippen molar-refractivity contribution in [2.24, 2.45) is 0 Å². The van der Waals surface area contributed by atoms with E-state index in [0.29, 0.717) is 5.02 Å². The summed E-state index contributed by atoms with van der Waals surface area (Å²) in [6, 6.07) is 15.0. The van der Waals surface area contributed by atoms with Gasteiger partial charge in [-0.25, -0.2) is 13.2 Å². The molecule has 1 atom stereocenters. The molecule has 0 saturated carbocycles. The van der Waals surface area contributed by atoms with E-state index in [0.717, 1.165) is 53.2 Å². The standard InChI is InChI=1S/C25H25ClF3NS2/c1-17(23-12-8-20(27)15-18(23)5-3-4-14-31-2)30(25-16-21(28)9-13-24(25)29)32-22-10-6-19(26)7-11-22/h6-13,15-17H,3-5,14H2,1-2H3. The molecule has 3 rings (SSSR count). The van der Waals surface area contributed by atoms with Crippen LogP contribution < -0.4 is 4.31 Å². The van der Waals surface area contributed by atoms with E-state index in [1.807, 2.05) is 19.1 Å². The van der Waals surface area contributed by atoms with Gasteiger partial charge in [0.1, 0.15) is 17.5 Å². The van der Waals surface area contributed by atoms with Gasteiger partial charge in [0, 0.05) is 16.0 Å². The lowest BCUT2D eigenvalue weighted by molar-refractivity contribution is 0.595. The molecule has 0 fully saturated rings. The molecule has 0 spiro atoms. The van der Waals surface area contributed by atoms with Crippen LogP contribution in [0.25, 0.3) is 0 Å². The van der Waals surface area contributed by atoms with E-state index in [1.165, 1.54) is 24.1 Å². The highest BCUT2D eigenvalue weighted by atomic mass is 35.5. The van der Waals surface area contributed by atoms with E-state index < -0.39 is 11.6 Å². The Labute approximate surface area is 201 Å². The third kappa shape index (κ3) is 6.63. The molecule has 0 aliphatic rings. The highest BCUT2D eigenvalue weighted by Crippen LogP contribution is 2.40. The number of thioether (sulfide) groups is 1. The Morgan fingerprint density at radius 1 is 0.906 bits per heavy atom. The molecule has 0 saturated heterocycles. The first-order valence-electron chi connectivity index (χ1n) is 10.3. The minimum absolute atomic E-state index is 0.134. The number of benzene rings is 3. The smallest absolute Gasteiger partial charge is 0.147 e. The van der Waals surface area contributed by atoms with Crippen LogP contribution in [0.3, 0.4) is 0 Å². The van der Waals surface area contributed by atoms with Crippen LogP contribution in [0.15, 0.2) is 65.6 Å². The first kappa shape index (κ1) is 24.9. The number of nitrogens with zero attached hydrogens (tertiary/aromatic N) is 1. The van der Waals surface area contributed by atoms with E-state index in [2.05, 4.69) is 6.26 Å². The molecule has 1 nitrogen and oxygen atoms in total. The molecule has 0 aliphatic carbocycles. The molecule has 0 aliphatic heterocycles. The van der Waals surface area contributed by atoms with Gasteiger partial charge in [0.15, 0.2) is 0 Å². The first-order valence-corrected chi connectivity index (χ1v) is 12.9. The number of hydrogen-bond acceptors (Lipinski definition) is 3. The second-order valence-electron chi connectivity index (χ2n) is 7.44. The predicted octanol–water partition coefficient (Wildman–Crippen LogP) is 8.72. The van der Waals surface area contributed by atoms with Gasteiger partial charge in [0.2, 0.25) is 0 Å². The Balaban J connectivity index is 1.98. The number of unbranched alkanes of at least 4 members (excludes halogenated alkanes) is 1. The molecule has 0 heterocycles. The summed E-state index contributed by atoms with van der Waals surface area (Å²) < 4.78 is 44.7. The molecule has 1 unspecified atom stereocenters. The molecule has 7 heteroatoms. The summed E-state index contributed by atoms with van der Waals surface area (Å²) in [7, 11) is 0. The second-order valence-corrected chi connectivity index (χ2v) is 9.91. The highest BCUT2D eigenvalue weighted by Gasteiger charge is 2.24.